The van der Waals surface area contributed by atoms with Crippen molar-refractivity contribution in [1.82, 2.24) is 4.57 Å². The van der Waals surface area contributed by atoms with Crippen LogP contribution in [0.4, 0.5) is 0 Å². The molecule has 0 fully saturated rings. The Balaban J connectivity index is 1.48. The van der Waals surface area contributed by atoms with Gasteiger partial charge in [0.15, 0.2) is 0 Å². The molecule has 1 atom stereocenters. The first-order valence-corrected chi connectivity index (χ1v) is 11.5. The van der Waals surface area contributed by atoms with E-state index in [1.54, 1.807) is 54.0 Å². The molecule has 8 nitrogen and oxygen atoms in total. The van der Waals surface area contributed by atoms with Crippen LogP contribution in [0.25, 0.3) is 11.3 Å². The second-order valence-electron chi connectivity index (χ2n) is 8.75. The summed E-state index contributed by atoms with van der Waals surface area (Å²) in [7, 11) is 0. The van der Waals surface area contributed by atoms with E-state index in [2.05, 4.69) is 0 Å². The van der Waals surface area contributed by atoms with Crippen LogP contribution in [0.2, 0.25) is 0 Å². The number of aryl methyl sites for hydroxylation is 2. The Morgan fingerprint density at radius 2 is 1.75 bits per heavy atom. The van der Waals surface area contributed by atoms with Crippen molar-refractivity contribution in [2.24, 2.45) is 0 Å². The molecule has 0 spiro atoms. The van der Waals surface area contributed by atoms with Crippen molar-refractivity contribution in [3.8, 4) is 22.8 Å². The van der Waals surface area contributed by atoms with Crippen molar-refractivity contribution in [3.63, 3.8) is 0 Å². The van der Waals surface area contributed by atoms with Gasteiger partial charge in [-0.1, -0.05) is 24.3 Å². The molecular weight excluding hydrogens is 462 g/mol. The smallest absolute Gasteiger partial charge is 0.335 e. The number of aromatic nitrogens is 1. The van der Waals surface area contributed by atoms with E-state index < -0.39 is 17.9 Å². The highest BCUT2D eigenvalue weighted by Gasteiger charge is 2.34. The molecule has 0 saturated heterocycles. The molecule has 0 unspecified atom stereocenters. The molecule has 0 radical (unpaired) electrons. The third kappa shape index (κ3) is 4.40. The quantitative estimate of drug-likeness (QED) is 0.386. The third-order valence-corrected chi connectivity index (χ3v) is 6.40. The summed E-state index contributed by atoms with van der Waals surface area (Å²) in [6.07, 6.45) is 0.551. The van der Waals surface area contributed by atoms with Gasteiger partial charge in [0.1, 0.15) is 23.0 Å². The number of furan rings is 1. The fourth-order valence-corrected chi connectivity index (χ4v) is 4.49. The third-order valence-electron chi connectivity index (χ3n) is 6.40. The lowest BCUT2D eigenvalue weighted by atomic mass is 9.91. The number of benzene rings is 2. The molecule has 2 aromatic heterocycles. The number of ether oxygens (including phenoxy) is 1. The predicted octanol–water partition coefficient (Wildman–Crippen LogP) is 4.50. The number of esters is 1. The summed E-state index contributed by atoms with van der Waals surface area (Å²) in [6, 6.07) is 18.3. The Hall–Kier alpha value is -4.59. The summed E-state index contributed by atoms with van der Waals surface area (Å²) >= 11 is 0. The lowest BCUT2D eigenvalue weighted by Gasteiger charge is -2.24. The van der Waals surface area contributed by atoms with E-state index in [1.165, 1.54) is 12.1 Å². The normalized spacial score (nSPS) is 14.8. The van der Waals surface area contributed by atoms with Crippen molar-refractivity contribution in [2.45, 2.75) is 32.2 Å². The van der Waals surface area contributed by atoms with Crippen LogP contribution in [0.5, 0.6) is 11.5 Å². The molecule has 8 heteroatoms. The van der Waals surface area contributed by atoms with Gasteiger partial charge in [0.2, 0.25) is 0 Å². The molecule has 3 heterocycles. The Morgan fingerprint density at radius 3 is 2.44 bits per heavy atom. The zero-order valence-corrected chi connectivity index (χ0v) is 19.4. The number of rotatable bonds is 6. The van der Waals surface area contributed by atoms with Crippen molar-refractivity contribution >= 4 is 11.9 Å². The van der Waals surface area contributed by atoms with Crippen LogP contribution in [-0.4, -0.2) is 26.7 Å². The second kappa shape index (κ2) is 9.22. The Bertz CT molecular complexity index is 1510. The van der Waals surface area contributed by atoms with Crippen LogP contribution >= 0.6 is 0 Å². The molecule has 1 aliphatic heterocycles. The number of carboxylic acids is 1. The number of carbonyl (C=O) groups excluding carboxylic acids is 1. The molecule has 0 aliphatic carbocycles. The Morgan fingerprint density at radius 1 is 1.03 bits per heavy atom. The van der Waals surface area contributed by atoms with Gasteiger partial charge in [-0.05, 0) is 55.3 Å². The fourth-order valence-electron chi connectivity index (χ4n) is 4.49. The van der Waals surface area contributed by atoms with Crippen molar-refractivity contribution in [1.29, 1.82) is 0 Å². The predicted molar refractivity (Wildman–Crippen MR) is 130 cm³/mol. The van der Waals surface area contributed by atoms with E-state index >= 15 is 0 Å². The van der Waals surface area contributed by atoms with E-state index in [0.29, 0.717) is 41.3 Å². The average Bonchev–Trinajstić information content (AvgIpc) is 3.34. The number of phenolic OH excluding ortho intramolecular Hbond substituents is 1. The first-order valence-electron chi connectivity index (χ1n) is 11.5. The van der Waals surface area contributed by atoms with Crippen molar-refractivity contribution < 1.29 is 29.0 Å². The van der Waals surface area contributed by atoms with Gasteiger partial charge < -0.3 is 23.9 Å². The summed E-state index contributed by atoms with van der Waals surface area (Å²) in [6.45, 7) is 2.21. The number of aromatic hydroxyl groups is 1. The molecule has 0 bridgehead atoms. The van der Waals surface area contributed by atoms with Crippen molar-refractivity contribution in [3.05, 3.63) is 105 Å². The lowest BCUT2D eigenvalue weighted by molar-refractivity contribution is -0.135. The van der Waals surface area contributed by atoms with E-state index in [9.17, 15) is 19.5 Å². The van der Waals surface area contributed by atoms with Crippen LogP contribution in [0.3, 0.4) is 0 Å². The van der Waals surface area contributed by atoms with Crippen LogP contribution in [0.15, 0.2) is 75.9 Å². The minimum Gasteiger partial charge on any atom is -0.508 e. The summed E-state index contributed by atoms with van der Waals surface area (Å²) in [5, 5.41) is 18.6. The zero-order valence-electron chi connectivity index (χ0n) is 19.4. The molecule has 2 N–H and O–H groups in total. The molecule has 36 heavy (non-hydrogen) atoms. The molecule has 1 aliphatic rings. The molecular formula is C28H23NO7. The molecule has 0 saturated carbocycles. The first kappa shape index (κ1) is 23.2. The number of hydrogen-bond donors (Lipinski definition) is 2. The lowest BCUT2D eigenvalue weighted by Crippen LogP contribution is -2.33. The van der Waals surface area contributed by atoms with Gasteiger partial charge in [0, 0.05) is 23.9 Å². The van der Waals surface area contributed by atoms with Gasteiger partial charge in [-0.15, -0.1) is 0 Å². The van der Waals surface area contributed by atoms with Crippen LogP contribution < -0.4 is 10.3 Å². The number of carboxylic acid groups (broad SMARTS) is 1. The van der Waals surface area contributed by atoms with Crippen molar-refractivity contribution in [2.75, 3.05) is 0 Å². The summed E-state index contributed by atoms with van der Waals surface area (Å²) in [5.74, 6) is -0.697. The standard InChI is InChI=1S/C28H23NO7/c1-16-14-24-26(27(32)29(16)13-12-17-2-8-20(30)9-3-17)21(15-25(31)36-24)23-11-10-22(35-23)18-4-6-19(7-5-18)28(33)34/h2-11,14,21,30H,12-13,15H2,1H3,(H,33,34)/t21-/m1/s1. The molecule has 182 valence electrons. The number of nitrogens with zero attached hydrogens (tertiary/aromatic N) is 1. The number of pyridine rings is 1. The monoisotopic (exact) mass is 485 g/mol. The van der Waals surface area contributed by atoms with E-state index in [-0.39, 0.29) is 29.0 Å². The maximum Gasteiger partial charge on any atom is 0.335 e. The number of fused-ring (bicyclic) bond motifs is 1. The molecule has 0 amide bonds. The maximum absolute atomic E-state index is 13.6. The van der Waals surface area contributed by atoms with Gasteiger partial charge in [-0.3, -0.25) is 9.59 Å². The summed E-state index contributed by atoms with van der Waals surface area (Å²) < 4.78 is 13.1. The number of phenols is 1. The van der Waals surface area contributed by atoms with Gasteiger partial charge in [0.25, 0.3) is 5.56 Å². The minimum absolute atomic E-state index is 0.0336. The van der Waals surface area contributed by atoms with Gasteiger partial charge >= 0.3 is 11.9 Å². The van der Waals surface area contributed by atoms with Crippen LogP contribution in [-0.2, 0) is 17.8 Å². The van der Waals surface area contributed by atoms with Gasteiger partial charge in [0.05, 0.1) is 23.5 Å². The highest BCUT2D eigenvalue weighted by Crippen LogP contribution is 2.39. The van der Waals surface area contributed by atoms with Gasteiger partial charge in [-0.2, -0.15) is 0 Å². The second-order valence-corrected chi connectivity index (χ2v) is 8.75. The Labute approximate surface area is 206 Å². The SMILES string of the molecule is Cc1cc2c(c(=O)n1CCc1ccc(O)cc1)[C@@H](c1ccc(-c3ccc(C(=O)O)cc3)o1)CC(=O)O2. The highest BCUT2D eigenvalue weighted by atomic mass is 16.5. The minimum atomic E-state index is -1.02. The average molecular weight is 485 g/mol. The largest absolute Gasteiger partial charge is 0.508 e. The number of hydrogen-bond acceptors (Lipinski definition) is 6. The zero-order chi connectivity index (χ0) is 25.4. The van der Waals surface area contributed by atoms with E-state index in [1.807, 2.05) is 12.1 Å². The summed E-state index contributed by atoms with van der Waals surface area (Å²) in [5.41, 5.74) is 2.62. The number of carbonyl (C=O) groups is 2. The highest BCUT2D eigenvalue weighted by molar-refractivity contribution is 5.88. The topological polar surface area (TPSA) is 119 Å². The maximum atomic E-state index is 13.6. The molecule has 4 aromatic rings. The van der Waals surface area contributed by atoms with Crippen LogP contribution in [0.1, 0.15) is 45.3 Å². The number of aromatic carboxylic acids is 1. The van der Waals surface area contributed by atoms with E-state index in [0.717, 1.165) is 5.56 Å². The molecule has 5 rings (SSSR count). The molecule has 2 aromatic carbocycles. The summed E-state index contributed by atoms with van der Waals surface area (Å²) in [4.78, 5) is 37.1. The van der Waals surface area contributed by atoms with E-state index in [4.69, 9.17) is 14.3 Å². The van der Waals surface area contributed by atoms with Crippen LogP contribution in [0, 0.1) is 6.92 Å². The Kier molecular flexibility index (Phi) is 5.93. The fraction of sp³-hybridized carbons (Fsp3) is 0.179. The first-order chi connectivity index (χ1) is 17.3. The van der Waals surface area contributed by atoms with Gasteiger partial charge in [-0.25, -0.2) is 4.79 Å².